The summed E-state index contributed by atoms with van der Waals surface area (Å²) < 4.78 is 24.7. The van der Waals surface area contributed by atoms with E-state index in [1.807, 2.05) is 0 Å². The number of hydrogen-bond donors (Lipinski definition) is 1. The molecule has 0 amide bonds. The molecule has 1 fully saturated rings. The molecule has 1 aliphatic heterocycles. The Balaban J connectivity index is 2.09. The molecule has 0 bridgehead atoms. The van der Waals surface area contributed by atoms with Crippen molar-refractivity contribution in [3.63, 3.8) is 0 Å². The number of nitrogens with one attached hydrogen (secondary N) is 1. The molecule has 120 valence electrons. The monoisotopic (exact) mass is 393 g/mol. The Morgan fingerprint density at radius 3 is 2.67 bits per heavy atom. The first-order valence-electron chi connectivity index (χ1n) is 7.33. The molecule has 2 atom stereocenters. The summed E-state index contributed by atoms with van der Waals surface area (Å²) in [5.41, 5.74) is 0.0579. The second kappa shape index (κ2) is 6.69. The van der Waals surface area contributed by atoms with E-state index in [2.05, 4.69) is 53.5 Å². The molecule has 0 saturated carbocycles. The average Bonchev–Trinajstić information content (AvgIpc) is 2.90. The van der Waals surface area contributed by atoms with Crippen molar-refractivity contribution in [3.05, 3.63) is 20.8 Å². The SMILES string of the molecule is CC(C)(C)NCC(Cc1sccc1Br)C1CCS(=O)(=O)C1. The minimum atomic E-state index is -2.82. The zero-order valence-electron chi connectivity index (χ0n) is 12.9. The van der Waals surface area contributed by atoms with Gasteiger partial charge in [0.1, 0.15) is 0 Å². The van der Waals surface area contributed by atoms with Crippen molar-refractivity contribution in [2.45, 2.75) is 39.2 Å². The van der Waals surface area contributed by atoms with Crippen LogP contribution in [0, 0.1) is 11.8 Å². The van der Waals surface area contributed by atoms with E-state index in [1.54, 1.807) is 11.3 Å². The fourth-order valence-corrected chi connectivity index (χ4v) is 6.28. The summed E-state index contributed by atoms with van der Waals surface area (Å²) >= 11 is 5.33. The van der Waals surface area contributed by atoms with Crippen LogP contribution < -0.4 is 5.32 Å². The first-order chi connectivity index (χ1) is 9.66. The molecule has 2 heterocycles. The summed E-state index contributed by atoms with van der Waals surface area (Å²) in [7, 11) is -2.82. The fraction of sp³-hybridized carbons (Fsp3) is 0.733. The summed E-state index contributed by atoms with van der Waals surface area (Å²) in [4.78, 5) is 1.32. The van der Waals surface area contributed by atoms with Crippen molar-refractivity contribution in [2.75, 3.05) is 18.1 Å². The van der Waals surface area contributed by atoms with E-state index < -0.39 is 9.84 Å². The Bertz CT molecular complexity index is 575. The fourth-order valence-electron chi connectivity index (χ4n) is 2.75. The van der Waals surface area contributed by atoms with Crippen LogP contribution >= 0.6 is 27.3 Å². The van der Waals surface area contributed by atoms with Crippen molar-refractivity contribution in [1.82, 2.24) is 5.32 Å². The number of hydrogen-bond acceptors (Lipinski definition) is 4. The Morgan fingerprint density at radius 2 is 2.19 bits per heavy atom. The van der Waals surface area contributed by atoms with Crippen LogP contribution in [0.1, 0.15) is 32.1 Å². The summed E-state index contributed by atoms with van der Waals surface area (Å²) in [6.07, 6.45) is 1.75. The van der Waals surface area contributed by atoms with Crippen molar-refractivity contribution in [3.8, 4) is 0 Å². The second-order valence-electron chi connectivity index (χ2n) is 6.95. The molecule has 0 radical (unpaired) electrons. The average molecular weight is 394 g/mol. The molecule has 1 N–H and O–H groups in total. The maximum Gasteiger partial charge on any atom is 0.150 e. The van der Waals surface area contributed by atoms with Gasteiger partial charge in [-0.1, -0.05) is 0 Å². The molecule has 1 saturated heterocycles. The van der Waals surface area contributed by atoms with Crippen LogP contribution in [0.5, 0.6) is 0 Å². The van der Waals surface area contributed by atoms with Gasteiger partial charge in [-0.25, -0.2) is 8.42 Å². The van der Waals surface area contributed by atoms with Crippen molar-refractivity contribution >= 4 is 37.1 Å². The highest BCUT2D eigenvalue weighted by atomic mass is 79.9. The first-order valence-corrected chi connectivity index (χ1v) is 10.8. The standard InChI is InChI=1S/C15H24BrNO2S2/c1-15(2,3)17-9-12(8-14-13(16)4-6-20-14)11-5-7-21(18,19)10-11/h4,6,11-12,17H,5,7-10H2,1-3H3. The van der Waals surface area contributed by atoms with Crippen LogP contribution in [-0.4, -0.2) is 32.0 Å². The van der Waals surface area contributed by atoms with Crippen LogP contribution in [-0.2, 0) is 16.3 Å². The molecule has 21 heavy (non-hydrogen) atoms. The minimum absolute atomic E-state index is 0.0579. The lowest BCUT2D eigenvalue weighted by atomic mass is 9.87. The van der Waals surface area contributed by atoms with Crippen LogP contribution in [0.4, 0.5) is 0 Å². The molecule has 2 unspecified atom stereocenters. The minimum Gasteiger partial charge on any atom is -0.312 e. The van der Waals surface area contributed by atoms with Gasteiger partial charge in [0.2, 0.25) is 0 Å². The van der Waals surface area contributed by atoms with E-state index in [0.717, 1.165) is 23.9 Å². The molecule has 0 aliphatic carbocycles. The molecule has 0 aromatic carbocycles. The Morgan fingerprint density at radius 1 is 1.48 bits per heavy atom. The molecule has 1 aromatic heterocycles. The number of thiophene rings is 1. The lowest BCUT2D eigenvalue weighted by molar-refractivity contribution is 0.303. The largest absolute Gasteiger partial charge is 0.312 e. The number of rotatable bonds is 5. The maximum absolute atomic E-state index is 11.8. The highest BCUT2D eigenvalue weighted by Gasteiger charge is 2.34. The van der Waals surface area contributed by atoms with Gasteiger partial charge in [-0.2, -0.15) is 0 Å². The normalized spacial score (nSPS) is 23.3. The van der Waals surface area contributed by atoms with Gasteiger partial charge in [0.25, 0.3) is 0 Å². The van der Waals surface area contributed by atoms with E-state index in [0.29, 0.717) is 17.4 Å². The lowest BCUT2D eigenvalue weighted by Gasteiger charge is -2.28. The van der Waals surface area contributed by atoms with E-state index in [-0.39, 0.29) is 11.5 Å². The van der Waals surface area contributed by atoms with Crippen LogP contribution in [0.2, 0.25) is 0 Å². The third kappa shape index (κ3) is 5.34. The zero-order valence-corrected chi connectivity index (χ0v) is 16.1. The van der Waals surface area contributed by atoms with E-state index >= 15 is 0 Å². The van der Waals surface area contributed by atoms with Gasteiger partial charge in [0.15, 0.2) is 9.84 Å². The van der Waals surface area contributed by atoms with Crippen LogP contribution in [0.15, 0.2) is 15.9 Å². The number of halogens is 1. The van der Waals surface area contributed by atoms with Gasteiger partial charge < -0.3 is 5.32 Å². The van der Waals surface area contributed by atoms with Gasteiger partial charge >= 0.3 is 0 Å². The lowest BCUT2D eigenvalue weighted by Crippen LogP contribution is -2.41. The topological polar surface area (TPSA) is 46.2 Å². The van der Waals surface area contributed by atoms with Crippen molar-refractivity contribution in [1.29, 1.82) is 0 Å². The highest BCUT2D eigenvalue weighted by molar-refractivity contribution is 9.10. The van der Waals surface area contributed by atoms with E-state index in [4.69, 9.17) is 0 Å². The number of sulfone groups is 1. The van der Waals surface area contributed by atoms with Gasteiger partial charge in [-0.3, -0.25) is 0 Å². The summed E-state index contributed by atoms with van der Waals surface area (Å²) in [6.45, 7) is 7.32. The Labute approximate surface area is 140 Å². The van der Waals surface area contributed by atoms with E-state index in [1.165, 1.54) is 4.88 Å². The predicted molar refractivity (Wildman–Crippen MR) is 93.7 cm³/mol. The molecule has 1 aromatic rings. The first kappa shape index (κ1) is 17.4. The van der Waals surface area contributed by atoms with Gasteiger partial charge in [0, 0.05) is 14.9 Å². The smallest absolute Gasteiger partial charge is 0.150 e. The molecule has 1 aliphatic rings. The van der Waals surface area contributed by atoms with Crippen LogP contribution in [0.25, 0.3) is 0 Å². The molecule has 0 spiro atoms. The summed E-state index contributed by atoms with van der Waals surface area (Å²) in [5, 5.41) is 5.64. The van der Waals surface area contributed by atoms with E-state index in [9.17, 15) is 8.42 Å². The zero-order chi connectivity index (χ0) is 15.7. The van der Waals surface area contributed by atoms with Gasteiger partial charge in [-0.05, 0) is 79.4 Å². The molecular formula is C15H24BrNO2S2. The summed E-state index contributed by atoms with van der Waals surface area (Å²) in [6, 6.07) is 2.07. The van der Waals surface area contributed by atoms with Crippen molar-refractivity contribution in [2.24, 2.45) is 11.8 Å². The van der Waals surface area contributed by atoms with Crippen LogP contribution in [0.3, 0.4) is 0 Å². The highest BCUT2D eigenvalue weighted by Crippen LogP contribution is 2.32. The van der Waals surface area contributed by atoms with Gasteiger partial charge in [0.05, 0.1) is 11.5 Å². The molecule has 6 heteroatoms. The van der Waals surface area contributed by atoms with Crippen molar-refractivity contribution < 1.29 is 8.42 Å². The molecule has 2 rings (SSSR count). The molecule has 3 nitrogen and oxygen atoms in total. The quantitative estimate of drug-likeness (QED) is 0.832. The molecular weight excluding hydrogens is 370 g/mol. The second-order valence-corrected chi connectivity index (χ2v) is 11.0. The third-order valence-corrected chi connectivity index (χ3v) is 7.71. The third-order valence-electron chi connectivity index (χ3n) is 3.97. The predicted octanol–water partition coefficient (Wildman–Crippen LogP) is 3.49. The summed E-state index contributed by atoms with van der Waals surface area (Å²) in [5.74, 6) is 1.36. The maximum atomic E-state index is 11.8. The van der Waals surface area contributed by atoms with Gasteiger partial charge in [-0.15, -0.1) is 11.3 Å². The Hall–Kier alpha value is 0.0900. The Kier molecular flexibility index (Phi) is 5.55.